The Hall–Kier alpha value is -3.21. The molecule has 0 aliphatic carbocycles. The minimum Gasteiger partial charge on any atom is -0.465 e. The molecule has 0 fully saturated rings. The van der Waals surface area contributed by atoms with Crippen LogP contribution in [-0.4, -0.2) is 23.3 Å². The Balaban J connectivity index is 1.75. The van der Waals surface area contributed by atoms with Gasteiger partial charge >= 0.3 is 5.97 Å². The molecule has 0 saturated carbocycles. The topological polar surface area (TPSA) is 64.1 Å². The molecule has 0 aliphatic heterocycles. The Morgan fingerprint density at radius 2 is 1.61 bits per heavy atom. The van der Waals surface area contributed by atoms with Gasteiger partial charge in [-0.3, -0.25) is 0 Å². The molecule has 0 spiro atoms. The number of methoxy groups -OCH3 is 1. The lowest BCUT2D eigenvalue weighted by Crippen LogP contribution is -2.00. The predicted octanol–water partition coefficient (Wildman–Crippen LogP) is 3.67. The highest BCUT2D eigenvalue weighted by Crippen LogP contribution is 2.23. The second-order valence-electron chi connectivity index (χ2n) is 4.88. The molecule has 5 nitrogen and oxygen atoms in total. The van der Waals surface area contributed by atoms with Crippen LogP contribution in [0.4, 0.5) is 11.5 Å². The van der Waals surface area contributed by atoms with E-state index < -0.39 is 0 Å². The lowest BCUT2D eigenvalue weighted by atomic mass is 10.0. The predicted molar refractivity (Wildman–Crippen MR) is 88.5 cm³/mol. The van der Waals surface area contributed by atoms with Crippen LogP contribution in [0.3, 0.4) is 0 Å². The molecule has 0 amide bonds. The summed E-state index contributed by atoms with van der Waals surface area (Å²) in [6, 6.07) is 18.9. The first-order valence-corrected chi connectivity index (χ1v) is 7.10. The highest BCUT2D eigenvalue weighted by atomic mass is 16.5. The van der Waals surface area contributed by atoms with Crippen LogP contribution in [0.5, 0.6) is 0 Å². The maximum atomic E-state index is 11.4. The highest BCUT2D eigenvalue weighted by Gasteiger charge is 2.05. The molecule has 3 aromatic rings. The number of anilines is 2. The molecule has 0 atom stereocenters. The quantitative estimate of drug-likeness (QED) is 0.745. The van der Waals surface area contributed by atoms with Crippen LogP contribution in [0.25, 0.3) is 11.1 Å². The van der Waals surface area contributed by atoms with Gasteiger partial charge in [-0.1, -0.05) is 24.3 Å². The maximum Gasteiger partial charge on any atom is 0.337 e. The molecule has 0 unspecified atom stereocenters. The number of aromatic nitrogens is 2. The van der Waals surface area contributed by atoms with Crippen molar-refractivity contribution in [2.75, 3.05) is 12.4 Å². The fourth-order valence-electron chi connectivity index (χ4n) is 2.18. The molecule has 1 N–H and O–H groups in total. The molecule has 0 bridgehead atoms. The summed E-state index contributed by atoms with van der Waals surface area (Å²) < 4.78 is 4.70. The smallest absolute Gasteiger partial charge is 0.337 e. The zero-order valence-electron chi connectivity index (χ0n) is 12.6. The zero-order chi connectivity index (χ0) is 16.1. The Bertz CT molecular complexity index is 785. The van der Waals surface area contributed by atoms with Crippen molar-refractivity contribution in [1.29, 1.82) is 0 Å². The van der Waals surface area contributed by atoms with E-state index in [9.17, 15) is 4.79 Å². The summed E-state index contributed by atoms with van der Waals surface area (Å²) >= 11 is 0. The summed E-state index contributed by atoms with van der Waals surface area (Å²) in [6.45, 7) is 0. The summed E-state index contributed by atoms with van der Waals surface area (Å²) in [5.74, 6) is 0.364. The van der Waals surface area contributed by atoms with Crippen LogP contribution < -0.4 is 5.32 Å². The van der Waals surface area contributed by atoms with Crippen molar-refractivity contribution < 1.29 is 9.53 Å². The Labute approximate surface area is 134 Å². The molecule has 0 radical (unpaired) electrons. The number of carbonyl (C=O) groups excluding carboxylic acids is 1. The molecular weight excluding hydrogens is 290 g/mol. The van der Waals surface area contributed by atoms with Gasteiger partial charge in [0.2, 0.25) is 0 Å². The minimum atomic E-state index is -0.333. The van der Waals surface area contributed by atoms with E-state index in [1.807, 2.05) is 48.5 Å². The number of hydrogen-bond acceptors (Lipinski definition) is 5. The third kappa shape index (κ3) is 3.52. The van der Waals surface area contributed by atoms with E-state index in [4.69, 9.17) is 4.74 Å². The van der Waals surface area contributed by atoms with E-state index in [1.165, 1.54) is 7.11 Å². The molecule has 0 aliphatic rings. The van der Waals surface area contributed by atoms with Gasteiger partial charge in [0.05, 0.1) is 12.7 Å². The van der Waals surface area contributed by atoms with Crippen LogP contribution in [-0.2, 0) is 4.74 Å². The summed E-state index contributed by atoms with van der Waals surface area (Å²) in [4.78, 5) is 11.4. The largest absolute Gasteiger partial charge is 0.465 e. The lowest BCUT2D eigenvalue weighted by Gasteiger charge is -2.07. The van der Waals surface area contributed by atoms with Crippen LogP contribution in [0, 0.1) is 0 Å². The maximum absolute atomic E-state index is 11.4. The van der Waals surface area contributed by atoms with E-state index >= 15 is 0 Å². The van der Waals surface area contributed by atoms with Crippen LogP contribution in [0.15, 0.2) is 66.9 Å². The first kappa shape index (κ1) is 14.7. The van der Waals surface area contributed by atoms with Gasteiger partial charge in [-0.2, -0.15) is 5.10 Å². The third-order valence-electron chi connectivity index (χ3n) is 3.37. The van der Waals surface area contributed by atoms with Crippen LogP contribution >= 0.6 is 0 Å². The van der Waals surface area contributed by atoms with Gasteiger partial charge in [-0.15, -0.1) is 5.10 Å². The van der Waals surface area contributed by atoms with Crippen molar-refractivity contribution in [3.8, 4) is 11.1 Å². The lowest BCUT2D eigenvalue weighted by molar-refractivity contribution is 0.0601. The average molecular weight is 305 g/mol. The summed E-state index contributed by atoms with van der Waals surface area (Å²) in [5.41, 5.74) is 3.56. The van der Waals surface area contributed by atoms with Crippen LogP contribution in [0.1, 0.15) is 10.4 Å². The number of nitrogens with zero attached hydrogens (tertiary/aromatic N) is 2. The summed E-state index contributed by atoms with van der Waals surface area (Å²) in [5, 5.41) is 11.0. The number of nitrogens with one attached hydrogen (secondary N) is 1. The van der Waals surface area contributed by atoms with Gasteiger partial charge in [0, 0.05) is 11.9 Å². The monoisotopic (exact) mass is 305 g/mol. The normalized spacial score (nSPS) is 10.1. The van der Waals surface area contributed by atoms with Gasteiger partial charge in [0.25, 0.3) is 0 Å². The van der Waals surface area contributed by atoms with Gasteiger partial charge in [-0.05, 0) is 47.5 Å². The Morgan fingerprint density at radius 3 is 2.17 bits per heavy atom. The molecule has 3 rings (SSSR count). The van der Waals surface area contributed by atoms with E-state index in [-0.39, 0.29) is 5.97 Å². The second-order valence-corrected chi connectivity index (χ2v) is 4.88. The average Bonchev–Trinajstić information content (AvgIpc) is 2.63. The number of ether oxygens (including phenoxy) is 1. The van der Waals surface area contributed by atoms with Crippen molar-refractivity contribution in [1.82, 2.24) is 10.2 Å². The standard InChI is InChI=1S/C18H15N3O2/c1-23-18(22)15-6-4-13(5-7-15)14-8-10-16(11-9-14)20-17-3-2-12-19-21-17/h2-12H,1H3,(H,20,21). The van der Waals surface area contributed by atoms with Crippen molar-refractivity contribution in [3.63, 3.8) is 0 Å². The molecule has 0 saturated heterocycles. The van der Waals surface area contributed by atoms with Crippen molar-refractivity contribution >= 4 is 17.5 Å². The van der Waals surface area contributed by atoms with Gasteiger partial charge in [-0.25, -0.2) is 4.79 Å². The van der Waals surface area contributed by atoms with E-state index in [2.05, 4.69) is 15.5 Å². The molecule has 2 aromatic carbocycles. The number of esters is 1. The molecule has 114 valence electrons. The summed E-state index contributed by atoms with van der Waals surface area (Å²) in [7, 11) is 1.37. The summed E-state index contributed by atoms with van der Waals surface area (Å²) in [6.07, 6.45) is 1.63. The Kier molecular flexibility index (Phi) is 4.29. The second kappa shape index (κ2) is 6.70. The molecule has 1 aromatic heterocycles. The van der Waals surface area contributed by atoms with Gasteiger partial charge < -0.3 is 10.1 Å². The molecule has 23 heavy (non-hydrogen) atoms. The fourth-order valence-corrected chi connectivity index (χ4v) is 2.18. The SMILES string of the molecule is COC(=O)c1ccc(-c2ccc(Nc3cccnn3)cc2)cc1. The molecular formula is C18H15N3O2. The number of carbonyl (C=O) groups is 1. The van der Waals surface area contributed by atoms with E-state index in [0.29, 0.717) is 11.4 Å². The minimum absolute atomic E-state index is 0.333. The number of rotatable bonds is 4. The van der Waals surface area contributed by atoms with Gasteiger partial charge in [0.1, 0.15) is 0 Å². The Morgan fingerprint density at radius 1 is 0.957 bits per heavy atom. The number of hydrogen-bond donors (Lipinski definition) is 1. The zero-order valence-corrected chi connectivity index (χ0v) is 12.6. The number of benzene rings is 2. The van der Waals surface area contributed by atoms with Crippen LogP contribution in [0.2, 0.25) is 0 Å². The van der Waals surface area contributed by atoms with Crippen molar-refractivity contribution in [3.05, 3.63) is 72.4 Å². The first-order valence-electron chi connectivity index (χ1n) is 7.10. The highest BCUT2D eigenvalue weighted by molar-refractivity contribution is 5.90. The van der Waals surface area contributed by atoms with Crippen molar-refractivity contribution in [2.45, 2.75) is 0 Å². The van der Waals surface area contributed by atoms with E-state index in [1.54, 1.807) is 18.3 Å². The first-order chi connectivity index (χ1) is 11.3. The van der Waals surface area contributed by atoms with Crippen molar-refractivity contribution in [2.24, 2.45) is 0 Å². The fraction of sp³-hybridized carbons (Fsp3) is 0.0556. The third-order valence-corrected chi connectivity index (χ3v) is 3.37. The van der Waals surface area contributed by atoms with Gasteiger partial charge in [0.15, 0.2) is 5.82 Å². The molecule has 5 heteroatoms. The van der Waals surface area contributed by atoms with E-state index in [0.717, 1.165) is 16.8 Å². The molecule has 1 heterocycles.